The molecule has 0 bridgehead atoms. The third-order valence-corrected chi connectivity index (χ3v) is 2.84. The lowest BCUT2D eigenvalue weighted by molar-refractivity contribution is -0.138. The zero-order chi connectivity index (χ0) is 11.3. The van der Waals surface area contributed by atoms with E-state index in [1.165, 1.54) is 0 Å². The number of rotatable bonds is 5. The van der Waals surface area contributed by atoms with Crippen LogP contribution in [-0.2, 0) is 9.59 Å². The Morgan fingerprint density at radius 2 is 1.93 bits per heavy atom. The van der Waals surface area contributed by atoms with E-state index >= 15 is 0 Å². The molecular formula is C10H18N2O3. The van der Waals surface area contributed by atoms with Crippen LogP contribution in [0.3, 0.4) is 0 Å². The van der Waals surface area contributed by atoms with Crippen LogP contribution in [0.5, 0.6) is 0 Å². The van der Waals surface area contributed by atoms with E-state index in [9.17, 15) is 9.59 Å². The van der Waals surface area contributed by atoms with E-state index in [1.807, 2.05) is 0 Å². The van der Waals surface area contributed by atoms with Crippen molar-refractivity contribution in [2.45, 2.75) is 25.7 Å². The molecule has 15 heavy (non-hydrogen) atoms. The highest BCUT2D eigenvalue weighted by Crippen LogP contribution is 2.20. The number of amides is 1. The molecule has 0 saturated carbocycles. The summed E-state index contributed by atoms with van der Waals surface area (Å²) in [5, 5.41) is 8.63. The average molecular weight is 214 g/mol. The number of likely N-dealkylation sites (tertiary alicyclic amines) is 1. The molecule has 0 spiro atoms. The number of carboxylic acid groups (broad SMARTS) is 1. The van der Waals surface area contributed by atoms with E-state index < -0.39 is 5.97 Å². The number of carbonyl (C=O) groups is 2. The highest BCUT2D eigenvalue weighted by molar-refractivity contribution is 5.73. The van der Waals surface area contributed by atoms with Crippen molar-refractivity contribution in [2.24, 2.45) is 11.7 Å². The van der Waals surface area contributed by atoms with E-state index in [0.29, 0.717) is 18.9 Å². The molecule has 86 valence electrons. The monoisotopic (exact) mass is 214 g/mol. The Morgan fingerprint density at radius 3 is 2.40 bits per heavy atom. The number of hydrogen-bond acceptors (Lipinski definition) is 3. The van der Waals surface area contributed by atoms with Crippen molar-refractivity contribution in [3.63, 3.8) is 0 Å². The van der Waals surface area contributed by atoms with Gasteiger partial charge in [0.1, 0.15) is 0 Å². The van der Waals surface area contributed by atoms with E-state index in [2.05, 4.69) is 4.90 Å². The quantitative estimate of drug-likeness (QED) is 0.677. The molecule has 0 atom stereocenters. The summed E-state index contributed by atoms with van der Waals surface area (Å²) in [7, 11) is 0. The fraction of sp³-hybridized carbons (Fsp3) is 0.800. The largest absolute Gasteiger partial charge is 0.481 e. The SMILES string of the molecule is NC(=O)CCN1CCC(CC(=O)O)CC1. The number of nitrogens with two attached hydrogens (primary N) is 1. The van der Waals surface area contributed by atoms with Gasteiger partial charge in [0.25, 0.3) is 0 Å². The van der Waals surface area contributed by atoms with Crippen molar-refractivity contribution in [3.05, 3.63) is 0 Å². The zero-order valence-corrected chi connectivity index (χ0v) is 8.82. The molecule has 3 N–H and O–H groups in total. The molecule has 5 heteroatoms. The van der Waals surface area contributed by atoms with Crippen LogP contribution in [0.1, 0.15) is 25.7 Å². The first kappa shape index (κ1) is 12.0. The third kappa shape index (κ3) is 4.78. The van der Waals surface area contributed by atoms with E-state index in [4.69, 9.17) is 10.8 Å². The Labute approximate surface area is 89.2 Å². The Kier molecular flexibility index (Phi) is 4.55. The molecule has 0 unspecified atom stereocenters. The number of piperidine rings is 1. The third-order valence-electron chi connectivity index (χ3n) is 2.84. The molecule has 0 aromatic heterocycles. The molecule has 0 aromatic rings. The van der Waals surface area contributed by atoms with Crippen LogP contribution in [0.2, 0.25) is 0 Å². The van der Waals surface area contributed by atoms with E-state index in [-0.39, 0.29) is 12.3 Å². The molecular weight excluding hydrogens is 196 g/mol. The Hall–Kier alpha value is -1.10. The lowest BCUT2D eigenvalue weighted by atomic mass is 9.93. The van der Waals surface area contributed by atoms with Gasteiger partial charge in [-0.2, -0.15) is 0 Å². The molecule has 0 aliphatic carbocycles. The van der Waals surface area contributed by atoms with E-state index in [1.54, 1.807) is 0 Å². The summed E-state index contributed by atoms with van der Waals surface area (Å²) in [6.07, 6.45) is 2.48. The number of nitrogens with zero attached hydrogens (tertiary/aromatic N) is 1. The first-order valence-corrected chi connectivity index (χ1v) is 5.30. The minimum absolute atomic E-state index is 0.268. The van der Waals surface area contributed by atoms with Crippen LogP contribution in [-0.4, -0.2) is 41.5 Å². The van der Waals surface area contributed by atoms with Gasteiger partial charge in [-0.15, -0.1) is 0 Å². The molecule has 0 radical (unpaired) electrons. The van der Waals surface area contributed by atoms with Gasteiger partial charge in [-0.25, -0.2) is 0 Å². The highest BCUT2D eigenvalue weighted by atomic mass is 16.4. The fourth-order valence-electron chi connectivity index (χ4n) is 1.93. The average Bonchev–Trinajstić information content (AvgIpc) is 2.16. The molecule has 1 aliphatic rings. The van der Waals surface area contributed by atoms with Crippen LogP contribution in [0, 0.1) is 5.92 Å². The second kappa shape index (κ2) is 5.70. The second-order valence-corrected chi connectivity index (χ2v) is 4.10. The topological polar surface area (TPSA) is 83.6 Å². The van der Waals surface area contributed by atoms with Gasteiger partial charge in [0, 0.05) is 19.4 Å². The molecule has 0 aromatic carbocycles. The van der Waals surface area contributed by atoms with E-state index in [0.717, 1.165) is 25.9 Å². The molecule has 1 saturated heterocycles. The van der Waals surface area contributed by atoms with Crippen molar-refractivity contribution in [1.82, 2.24) is 4.90 Å². The maximum absolute atomic E-state index is 10.6. The number of hydrogen-bond donors (Lipinski definition) is 2. The minimum Gasteiger partial charge on any atom is -0.481 e. The van der Waals surface area contributed by atoms with Gasteiger partial charge in [-0.05, 0) is 31.8 Å². The molecule has 1 fully saturated rings. The van der Waals surface area contributed by atoms with Gasteiger partial charge in [0.05, 0.1) is 0 Å². The Morgan fingerprint density at radius 1 is 1.33 bits per heavy atom. The first-order chi connectivity index (χ1) is 7.08. The standard InChI is InChI=1S/C10H18N2O3/c11-9(13)3-6-12-4-1-8(2-5-12)7-10(14)15/h8H,1-7H2,(H2,11,13)(H,14,15). The highest BCUT2D eigenvalue weighted by Gasteiger charge is 2.20. The molecule has 1 rings (SSSR count). The first-order valence-electron chi connectivity index (χ1n) is 5.30. The van der Waals surface area contributed by atoms with Crippen molar-refractivity contribution < 1.29 is 14.7 Å². The summed E-state index contributed by atoms with van der Waals surface area (Å²) < 4.78 is 0. The van der Waals surface area contributed by atoms with Gasteiger partial charge in [-0.3, -0.25) is 9.59 Å². The minimum atomic E-state index is -0.717. The van der Waals surface area contributed by atoms with Crippen molar-refractivity contribution in [2.75, 3.05) is 19.6 Å². The Balaban J connectivity index is 2.18. The summed E-state index contributed by atoms with van der Waals surface area (Å²) in [6.45, 7) is 2.46. The van der Waals surface area contributed by atoms with Gasteiger partial charge in [0.2, 0.25) is 5.91 Å². The normalized spacial score (nSPS) is 18.9. The molecule has 1 amide bonds. The summed E-state index contributed by atoms with van der Waals surface area (Å²) in [5.74, 6) is -0.694. The van der Waals surface area contributed by atoms with Gasteiger partial charge >= 0.3 is 5.97 Å². The number of aliphatic carboxylic acids is 1. The number of carboxylic acids is 1. The zero-order valence-electron chi connectivity index (χ0n) is 8.82. The van der Waals surface area contributed by atoms with Crippen LogP contribution < -0.4 is 5.73 Å². The lowest BCUT2D eigenvalue weighted by Gasteiger charge is -2.30. The molecule has 1 aliphatic heterocycles. The van der Waals surface area contributed by atoms with Crippen LogP contribution >= 0.6 is 0 Å². The van der Waals surface area contributed by atoms with Gasteiger partial charge in [0.15, 0.2) is 0 Å². The second-order valence-electron chi connectivity index (χ2n) is 4.10. The Bertz CT molecular complexity index is 235. The van der Waals surface area contributed by atoms with Crippen LogP contribution in [0.4, 0.5) is 0 Å². The lowest BCUT2D eigenvalue weighted by Crippen LogP contribution is -2.36. The molecule has 5 nitrogen and oxygen atoms in total. The maximum atomic E-state index is 10.6. The van der Waals surface area contributed by atoms with Crippen molar-refractivity contribution in [1.29, 1.82) is 0 Å². The fourth-order valence-corrected chi connectivity index (χ4v) is 1.93. The summed E-state index contributed by atoms with van der Waals surface area (Å²) in [4.78, 5) is 23.2. The summed E-state index contributed by atoms with van der Waals surface area (Å²) in [5.41, 5.74) is 5.06. The van der Waals surface area contributed by atoms with Crippen molar-refractivity contribution >= 4 is 11.9 Å². The van der Waals surface area contributed by atoms with Crippen LogP contribution in [0.15, 0.2) is 0 Å². The number of primary amides is 1. The van der Waals surface area contributed by atoms with Gasteiger partial charge < -0.3 is 15.7 Å². The maximum Gasteiger partial charge on any atom is 0.303 e. The summed E-state index contributed by atoms with van der Waals surface area (Å²) >= 11 is 0. The summed E-state index contributed by atoms with van der Waals surface area (Å²) in [6, 6.07) is 0. The van der Waals surface area contributed by atoms with Crippen LogP contribution in [0.25, 0.3) is 0 Å². The molecule has 1 heterocycles. The van der Waals surface area contributed by atoms with Crippen molar-refractivity contribution in [3.8, 4) is 0 Å². The number of carbonyl (C=O) groups excluding carboxylic acids is 1. The predicted molar refractivity (Wildman–Crippen MR) is 55.2 cm³/mol. The predicted octanol–water partition coefficient (Wildman–Crippen LogP) is 0.0485. The van der Waals surface area contributed by atoms with Gasteiger partial charge in [-0.1, -0.05) is 0 Å². The smallest absolute Gasteiger partial charge is 0.303 e.